The van der Waals surface area contributed by atoms with Crippen LogP contribution in [0.4, 0.5) is 0 Å². The fourth-order valence-corrected chi connectivity index (χ4v) is 4.45. The van der Waals surface area contributed by atoms with Gasteiger partial charge in [-0.05, 0) is 59.3 Å². The molecule has 1 aliphatic carbocycles. The summed E-state index contributed by atoms with van der Waals surface area (Å²) < 4.78 is 8.13. The molecule has 0 aromatic carbocycles. The SMILES string of the molecule is CC(C)(C)N[C@H](CCCCn1nnc2c1CCCCCC2OCC(=O)C(C)(C)C)C(=O)C(C)(C)C. The Labute approximate surface area is 213 Å². The summed E-state index contributed by atoms with van der Waals surface area (Å²) in [7, 11) is 0. The van der Waals surface area contributed by atoms with Crippen LogP contribution >= 0.6 is 0 Å². The van der Waals surface area contributed by atoms with Crippen LogP contribution in [0.5, 0.6) is 0 Å². The molecule has 0 saturated carbocycles. The Bertz CT molecular complexity index is 840. The van der Waals surface area contributed by atoms with Crippen molar-refractivity contribution in [3.63, 3.8) is 0 Å². The second-order valence-corrected chi connectivity index (χ2v) is 13.3. The van der Waals surface area contributed by atoms with Crippen molar-refractivity contribution in [2.45, 2.75) is 138 Å². The van der Waals surface area contributed by atoms with E-state index in [-0.39, 0.29) is 41.3 Å². The highest BCUT2D eigenvalue weighted by molar-refractivity contribution is 5.88. The predicted molar refractivity (Wildman–Crippen MR) is 140 cm³/mol. The van der Waals surface area contributed by atoms with Crippen LogP contribution in [0.1, 0.15) is 125 Å². The highest BCUT2D eigenvalue weighted by Gasteiger charge is 2.32. The lowest BCUT2D eigenvalue weighted by Gasteiger charge is -2.32. The van der Waals surface area contributed by atoms with Crippen molar-refractivity contribution in [2.75, 3.05) is 6.61 Å². The molecule has 7 nitrogen and oxygen atoms in total. The van der Waals surface area contributed by atoms with Crippen molar-refractivity contribution >= 4 is 11.6 Å². The van der Waals surface area contributed by atoms with Gasteiger partial charge in [-0.1, -0.05) is 59.6 Å². The minimum Gasteiger partial charge on any atom is -0.364 e. The number of unbranched alkanes of at least 4 members (excludes halogenated alkanes) is 1. The number of rotatable bonds is 10. The summed E-state index contributed by atoms with van der Waals surface area (Å²) in [6, 6.07) is -0.149. The number of carbonyl (C=O) groups is 2. The molecule has 1 unspecified atom stereocenters. The van der Waals surface area contributed by atoms with Crippen molar-refractivity contribution in [1.82, 2.24) is 20.3 Å². The third kappa shape index (κ3) is 9.41. The molecule has 1 heterocycles. The maximum atomic E-state index is 13.0. The molecular weight excluding hydrogens is 440 g/mol. The minimum atomic E-state index is -0.407. The zero-order chi connectivity index (χ0) is 26.4. The third-order valence-corrected chi connectivity index (χ3v) is 6.58. The molecule has 0 bridgehead atoms. The van der Waals surface area contributed by atoms with Gasteiger partial charge >= 0.3 is 0 Å². The Morgan fingerprint density at radius 1 is 1.00 bits per heavy atom. The molecule has 0 fully saturated rings. The first-order valence-corrected chi connectivity index (χ1v) is 13.5. The lowest BCUT2D eigenvalue weighted by Crippen LogP contribution is -2.50. The molecule has 2 atom stereocenters. The van der Waals surface area contributed by atoms with Crippen LogP contribution in [0.2, 0.25) is 0 Å². The largest absolute Gasteiger partial charge is 0.364 e. The Balaban J connectivity index is 2.02. The van der Waals surface area contributed by atoms with E-state index >= 15 is 0 Å². The van der Waals surface area contributed by atoms with Crippen LogP contribution in [0, 0.1) is 10.8 Å². The van der Waals surface area contributed by atoms with Crippen LogP contribution in [-0.2, 0) is 27.3 Å². The van der Waals surface area contributed by atoms with Crippen LogP contribution in [0.3, 0.4) is 0 Å². The number of nitrogens with zero attached hydrogens (tertiary/aromatic N) is 3. The maximum absolute atomic E-state index is 13.0. The molecule has 200 valence electrons. The molecule has 1 N–H and O–H groups in total. The van der Waals surface area contributed by atoms with E-state index in [1.54, 1.807) is 0 Å². The Morgan fingerprint density at radius 3 is 2.29 bits per heavy atom. The highest BCUT2D eigenvalue weighted by Crippen LogP contribution is 2.30. The number of ketones is 2. The van der Waals surface area contributed by atoms with E-state index in [1.807, 2.05) is 46.2 Å². The van der Waals surface area contributed by atoms with Gasteiger partial charge in [0.2, 0.25) is 0 Å². The lowest BCUT2D eigenvalue weighted by molar-refractivity contribution is -0.133. The number of hydrogen-bond acceptors (Lipinski definition) is 6. The molecule has 1 aliphatic rings. The quantitative estimate of drug-likeness (QED) is 0.429. The number of aromatic nitrogens is 3. The van der Waals surface area contributed by atoms with Crippen LogP contribution < -0.4 is 5.32 Å². The summed E-state index contributed by atoms with van der Waals surface area (Å²) in [4.78, 5) is 25.4. The number of Topliss-reactive ketones (excluding diaryl/α,β-unsaturated/α-hetero) is 2. The summed E-state index contributed by atoms with van der Waals surface area (Å²) in [6.45, 7) is 19.0. The van der Waals surface area contributed by atoms with Gasteiger partial charge in [-0.15, -0.1) is 5.10 Å². The maximum Gasteiger partial charge on any atom is 0.163 e. The smallest absolute Gasteiger partial charge is 0.163 e. The number of hydrogen-bond donors (Lipinski definition) is 1. The van der Waals surface area contributed by atoms with Crippen molar-refractivity contribution < 1.29 is 14.3 Å². The zero-order valence-corrected chi connectivity index (χ0v) is 23.8. The second kappa shape index (κ2) is 12.1. The van der Waals surface area contributed by atoms with Crippen LogP contribution in [0.15, 0.2) is 0 Å². The molecule has 0 aliphatic heterocycles. The summed E-state index contributed by atoms with van der Waals surface area (Å²) in [6.07, 6.45) is 7.65. The van der Waals surface area contributed by atoms with Gasteiger partial charge in [0, 0.05) is 22.9 Å². The summed E-state index contributed by atoms with van der Waals surface area (Å²) in [5, 5.41) is 12.5. The lowest BCUT2D eigenvalue weighted by atomic mass is 9.84. The standard InChI is InChI=1S/C28H50N4O3/c1-26(2,3)23(33)19-35-22-17-12-10-11-16-21-24(22)30-31-32(21)18-14-13-15-20(29-28(7,8)9)25(34)27(4,5)6/h20,22,29H,10-19H2,1-9H3/t20-,22?/m1/s1. The van der Waals surface area contributed by atoms with E-state index in [9.17, 15) is 9.59 Å². The minimum absolute atomic E-state index is 0.108. The van der Waals surface area contributed by atoms with Gasteiger partial charge in [-0.25, -0.2) is 4.68 Å². The summed E-state index contributed by atoms with van der Waals surface area (Å²) >= 11 is 0. The number of aryl methyl sites for hydroxylation is 1. The molecule has 0 amide bonds. The first kappa shape index (κ1) is 29.6. The predicted octanol–water partition coefficient (Wildman–Crippen LogP) is 5.61. The van der Waals surface area contributed by atoms with Crippen LogP contribution in [0.25, 0.3) is 0 Å². The van der Waals surface area contributed by atoms with Crippen molar-refractivity contribution in [2.24, 2.45) is 10.8 Å². The molecule has 1 aromatic heterocycles. The fourth-order valence-electron chi connectivity index (χ4n) is 4.45. The molecule has 0 saturated heterocycles. The van der Waals surface area contributed by atoms with Gasteiger partial charge in [0.15, 0.2) is 11.6 Å². The van der Waals surface area contributed by atoms with Crippen molar-refractivity contribution in [3.05, 3.63) is 11.4 Å². The number of nitrogens with one attached hydrogen (secondary N) is 1. The van der Waals surface area contributed by atoms with Crippen LogP contribution in [-0.4, -0.2) is 44.7 Å². The molecule has 2 rings (SSSR count). The zero-order valence-electron chi connectivity index (χ0n) is 23.8. The summed E-state index contributed by atoms with van der Waals surface area (Å²) in [5.41, 5.74) is 1.16. The molecule has 35 heavy (non-hydrogen) atoms. The van der Waals surface area contributed by atoms with Gasteiger partial charge in [-0.3, -0.25) is 9.59 Å². The Hall–Kier alpha value is -1.60. The average Bonchev–Trinajstić information content (AvgIpc) is 3.08. The molecule has 1 aromatic rings. The highest BCUT2D eigenvalue weighted by atomic mass is 16.5. The molecule has 7 heteroatoms. The van der Waals surface area contributed by atoms with E-state index < -0.39 is 5.41 Å². The Morgan fingerprint density at radius 2 is 1.69 bits per heavy atom. The fraction of sp³-hybridized carbons (Fsp3) is 0.857. The van der Waals surface area contributed by atoms with E-state index in [0.717, 1.165) is 69.3 Å². The van der Waals surface area contributed by atoms with Gasteiger partial charge in [0.1, 0.15) is 18.4 Å². The van der Waals surface area contributed by atoms with E-state index in [0.29, 0.717) is 0 Å². The topological polar surface area (TPSA) is 86.1 Å². The molecular formula is C28H50N4O3. The molecule has 0 spiro atoms. The van der Waals surface area contributed by atoms with E-state index in [2.05, 4.69) is 36.4 Å². The number of carbonyl (C=O) groups excluding carboxylic acids is 2. The van der Waals surface area contributed by atoms with Gasteiger partial charge in [0.05, 0.1) is 11.7 Å². The van der Waals surface area contributed by atoms with Gasteiger partial charge < -0.3 is 10.1 Å². The monoisotopic (exact) mass is 490 g/mol. The van der Waals surface area contributed by atoms with Gasteiger partial charge in [-0.2, -0.15) is 0 Å². The third-order valence-electron chi connectivity index (χ3n) is 6.58. The molecule has 0 radical (unpaired) electrons. The second-order valence-electron chi connectivity index (χ2n) is 13.3. The van der Waals surface area contributed by atoms with Crippen molar-refractivity contribution in [1.29, 1.82) is 0 Å². The van der Waals surface area contributed by atoms with Gasteiger partial charge in [0.25, 0.3) is 0 Å². The van der Waals surface area contributed by atoms with Crippen molar-refractivity contribution in [3.8, 4) is 0 Å². The number of ether oxygens (including phenoxy) is 1. The average molecular weight is 491 g/mol. The Kier molecular flexibility index (Phi) is 10.2. The summed E-state index contributed by atoms with van der Waals surface area (Å²) in [5.74, 6) is 0.375. The normalized spacial score (nSPS) is 18.5. The first-order valence-electron chi connectivity index (χ1n) is 13.5. The van der Waals surface area contributed by atoms with E-state index in [1.165, 1.54) is 0 Å². The van der Waals surface area contributed by atoms with E-state index in [4.69, 9.17) is 4.74 Å². The number of fused-ring (bicyclic) bond motifs is 1. The first-order chi connectivity index (χ1) is 16.1.